The summed E-state index contributed by atoms with van der Waals surface area (Å²) in [6.07, 6.45) is 1.36. The molecule has 1 heterocycles. The standard InChI is InChI=1S/C13H12IN3O3/c1-2-16-8-11(17(19)20)7-12(16)13(18)15-10-5-3-9(14)4-6-10/h3-8H,2H2,1H3,(H,15,18). The Bertz CT molecular complexity index is 649. The molecule has 0 fully saturated rings. The van der Waals surface area contributed by atoms with Crippen LogP contribution < -0.4 is 5.32 Å². The minimum absolute atomic E-state index is 0.0837. The summed E-state index contributed by atoms with van der Waals surface area (Å²) in [6, 6.07) is 8.60. The Morgan fingerprint density at radius 3 is 2.60 bits per heavy atom. The summed E-state index contributed by atoms with van der Waals surface area (Å²) in [4.78, 5) is 22.4. The number of nitrogens with one attached hydrogen (secondary N) is 1. The Morgan fingerprint density at radius 2 is 2.05 bits per heavy atom. The van der Waals surface area contributed by atoms with Gasteiger partial charge in [0.25, 0.3) is 11.6 Å². The Balaban J connectivity index is 2.24. The average Bonchev–Trinajstić information content (AvgIpc) is 2.86. The number of carbonyl (C=O) groups is 1. The lowest BCUT2D eigenvalue weighted by Crippen LogP contribution is -2.16. The zero-order valence-electron chi connectivity index (χ0n) is 10.7. The van der Waals surface area contributed by atoms with Crippen LogP contribution in [0.4, 0.5) is 11.4 Å². The van der Waals surface area contributed by atoms with Crippen LogP contribution in [0.15, 0.2) is 36.5 Å². The van der Waals surface area contributed by atoms with E-state index in [1.54, 1.807) is 16.7 Å². The second-order valence-corrected chi connectivity index (χ2v) is 5.33. The predicted molar refractivity (Wildman–Crippen MR) is 83.9 cm³/mol. The molecule has 1 N–H and O–H groups in total. The minimum Gasteiger partial charge on any atom is -0.337 e. The van der Waals surface area contributed by atoms with Crippen LogP contribution in [-0.4, -0.2) is 15.4 Å². The molecule has 1 amide bonds. The highest BCUT2D eigenvalue weighted by Crippen LogP contribution is 2.18. The predicted octanol–water partition coefficient (Wildman–Crippen LogP) is 3.27. The molecule has 6 nitrogen and oxygen atoms in total. The summed E-state index contributed by atoms with van der Waals surface area (Å²) in [7, 11) is 0. The Hall–Kier alpha value is -1.90. The van der Waals surface area contributed by atoms with Crippen molar-refractivity contribution in [2.24, 2.45) is 0 Å². The zero-order valence-corrected chi connectivity index (χ0v) is 12.8. The van der Waals surface area contributed by atoms with Crippen molar-refractivity contribution in [1.29, 1.82) is 0 Å². The molecule has 0 bridgehead atoms. The van der Waals surface area contributed by atoms with Gasteiger partial charge in [-0.2, -0.15) is 0 Å². The monoisotopic (exact) mass is 385 g/mol. The molecule has 2 aromatic rings. The Kier molecular flexibility index (Phi) is 4.38. The molecule has 0 radical (unpaired) electrons. The average molecular weight is 385 g/mol. The van der Waals surface area contributed by atoms with Crippen LogP contribution in [0, 0.1) is 13.7 Å². The molecule has 0 atom stereocenters. The molecule has 104 valence electrons. The lowest BCUT2D eigenvalue weighted by Gasteiger charge is -2.07. The summed E-state index contributed by atoms with van der Waals surface area (Å²) < 4.78 is 2.62. The number of aryl methyl sites for hydroxylation is 1. The van der Waals surface area contributed by atoms with Crippen molar-refractivity contribution < 1.29 is 9.72 Å². The van der Waals surface area contributed by atoms with Crippen molar-refractivity contribution in [3.8, 4) is 0 Å². The van der Waals surface area contributed by atoms with Crippen LogP contribution in [0.2, 0.25) is 0 Å². The lowest BCUT2D eigenvalue weighted by atomic mass is 10.3. The van der Waals surface area contributed by atoms with Gasteiger partial charge < -0.3 is 9.88 Å². The third-order valence-electron chi connectivity index (χ3n) is 2.77. The van der Waals surface area contributed by atoms with E-state index in [-0.39, 0.29) is 17.3 Å². The van der Waals surface area contributed by atoms with E-state index in [4.69, 9.17) is 0 Å². The zero-order chi connectivity index (χ0) is 14.7. The van der Waals surface area contributed by atoms with E-state index in [9.17, 15) is 14.9 Å². The van der Waals surface area contributed by atoms with Gasteiger partial charge in [-0.25, -0.2) is 0 Å². The van der Waals surface area contributed by atoms with Gasteiger partial charge in [0.1, 0.15) is 5.69 Å². The summed E-state index contributed by atoms with van der Waals surface area (Å²) in [5, 5.41) is 13.5. The Morgan fingerprint density at radius 1 is 1.40 bits per heavy atom. The maximum Gasteiger partial charge on any atom is 0.287 e. The van der Waals surface area contributed by atoms with Crippen molar-refractivity contribution >= 4 is 39.9 Å². The van der Waals surface area contributed by atoms with E-state index >= 15 is 0 Å². The number of hydrogen-bond donors (Lipinski definition) is 1. The van der Waals surface area contributed by atoms with Gasteiger partial charge in [0.2, 0.25) is 0 Å². The fraction of sp³-hybridized carbons (Fsp3) is 0.154. The second kappa shape index (κ2) is 6.04. The summed E-state index contributed by atoms with van der Waals surface area (Å²) in [6.45, 7) is 2.31. The fourth-order valence-corrected chi connectivity index (χ4v) is 2.13. The number of hydrogen-bond acceptors (Lipinski definition) is 3. The van der Waals surface area contributed by atoms with Crippen LogP contribution in [0.1, 0.15) is 17.4 Å². The maximum absolute atomic E-state index is 12.2. The van der Waals surface area contributed by atoms with Crippen molar-refractivity contribution in [2.75, 3.05) is 5.32 Å². The third-order valence-corrected chi connectivity index (χ3v) is 3.49. The number of nitrogens with zero attached hydrogens (tertiary/aromatic N) is 2. The lowest BCUT2D eigenvalue weighted by molar-refractivity contribution is -0.384. The highest BCUT2D eigenvalue weighted by atomic mass is 127. The van der Waals surface area contributed by atoms with E-state index in [2.05, 4.69) is 27.9 Å². The van der Waals surface area contributed by atoms with Crippen LogP contribution in [-0.2, 0) is 6.54 Å². The van der Waals surface area contributed by atoms with E-state index in [1.165, 1.54) is 12.3 Å². The van der Waals surface area contributed by atoms with Gasteiger partial charge in [-0.3, -0.25) is 14.9 Å². The highest BCUT2D eigenvalue weighted by Gasteiger charge is 2.18. The van der Waals surface area contributed by atoms with Crippen molar-refractivity contribution in [1.82, 2.24) is 4.57 Å². The molecule has 2 rings (SSSR count). The first kappa shape index (κ1) is 14.5. The topological polar surface area (TPSA) is 77.2 Å². The molecule has 7 heteroatoms. The molecule has 0 unspecified atom stereocenters. The van der Waals surface area contributed by atoms with Crippen molar-refractivity contribution in [2.45, 2.75) is 13.5 Å². The molecule has 0 aliphatic heterocycles. The molecule has 20 heavy (non-hydrogen) atoms. The SMILES string of the molecule is CCn1cc([N+](=O)[O-])cc1C(=O)Nc1ccc(I)cc1. The molecule has 0 saturated heterocycles. The number of anilines is 1. The number of nitro groups is 1. The summed E-state index contributed by atoms with van der Waals surface area (Å²) in [5.74, 6) is -0.360. The largest absolute Gasteiger partial charge is 0.337 e. The number of carbonyl (C=O) groups excluding carboxylic acids is 1. The molecule has 0 aliphatic carbocycles. The third kappa shape index (κ3) is 3.16. The van der Waals surface area contributed by atoms with Crippen LogP contribution in [0.5, 0.6) is 0 Å². The number of rotatable bonds is 4. The smallest absolute Gasteiger partial charge is 0.287 e. The molecular weight excluding hydrogens is 373 g/mol. The number of halogens is 1. The molecule has 1 aromatic heterocycles. The maximum atomic E-state index is 12.2. The van der Waals surface area contributed by atoms with Crippen LogP contribution in [0.25, 0.3) is 0 Å². The van der Waals surface area contributed by atoms with Gasteiger partial charge in [0.05, 0.1) is 11.1 Å². The normalized spacial score (nSPS) is 10.3. The summed E-state index contributed by atoms with van der Waals surface area (Å²) >= 11 is 2.17. The van der Waals surface area contributed by atoms with Gasteiger partial charge in [-0.1, -0.05) is 0 Å². The van der Waals surface area contributed by atoms with Gasteiger partial charge in [0.15, 0.2) is 0 Å². The highest BCUT2D eigenvalue weighted by molar-refractivity contribution is 14.1. The minimum atomic E-state index is -0.506. The Labute approximate surface area is 129 Å². The quantitative estimate of drug-likeness (QED) is 0.499. The van der Waals surface area contributed by atoms with Crippen molar-refractivity contribution in [3.63, 3.8) is 0 Å². The molecule has 1 aromatic carbocycles. The first-order valence-corrected chi connectivity index (χ1v) is 7.00. The van der Waals surface area contributed by atoms with E-state index in [0.29, 0.717) is 12.2 Å². The van der Waals surface area contributed by atoms with E-state index < -0.39 is 4.92 Å². The van der Waals surface area contributed by atoms with E-state index in [0.717, 1.165) is 3.57 Å². The van der Waals surface area contributed by atoms with Crippen LogP contribution >= 0.6 is 22.6 Å². The second-order valence-electron chi connectivity index (χ2n) is 4.09. The first-order valence-electron chi connectivity index (χ1n) is 5.92. The fourth-order valence-electron chi connectivity index (χ4n) is 1.78. The molecular formula is C13H12IN3O3. The molecule has 0 spiro atoms. The molecule has 0 aliphatic rings. The number of aromatic nitrogens is 1. The van der Waals surface area contributed by atoms with Crippen molar-refractivity contribution in [3.05, 3.63) is 55.9 Å². The van der Waals surface area contributed by atoms with Crippen LogP contribution in [0.3, 0.4) is 0 Å². The first-order chi connectivity index (χ1) is 9.51. The van der Waals surface area contributed by atoms with E-state index in [1.807, 2.05) is 19.1 Å². The number of benzene rings is 1. The van der Waals surface area contributed by atoms with Gasteiger partial charge in [0, 0.05) is 21.9 Å². The van der Waals surface area contributed by atoms with Gasteiger partial charge >= 0.3 is 0 Å². The number of amides is 1. The summed E-state index contributed by atoms with van der Waals surface area (Å²) in [5.41, 5.74) is 0.847. The van der Waals surface area contributed by atoms with Gasteiger partial charge in [-0.05, 0) is 53.8 Å². The van der Waals surface area contributed by atoms with Gasteiger partial charge in [-0.15, -0.1) is 0 Å². The molecule has 0 saturated carbocycles.